The molecule has 0 atom stereocenters. The zero-order valence-corrected chi connectivity index (χ0v) is 14.7. The molecule has 0 saturated carbocycles. The van der Waals surface area contributed by atoms with Crippen LogP contribution in [0, 0.1) is 0 Å². The van der Waals surface area contributed by atoms with Crippen molar-refractivity contribution in [2.24, 2.45) is 0 Å². The summed E-state index contributed by atoms with van der Waals surface area (Å²) in [4.78, 5) is 17.2. The van der Waals surface area contributed by atoms with E-state index >= 15 is 0 Å². The highest BCUT2D eigenvalue weighted by atomic mass is 35.5. The molecule has 0 amide bonds. The minimum Gasteiger partial charge on any atom is -0.495 e. The SMILES string of the molecule is COc1ccc(-c2cn(Cc3cc(=O)n4ccsc4n3)nn2)cc1Cl. The zero-order valence-electron chi connectivity index (χ0n) is 13.1. The molecule has 0 radical (unpaired) electrons. The number of aromatic nitrogens is 5. The molecule has 4 rings (SSSR count). The Hall–Kier alpha value is -2.71. The first-order valence-corrected chi connectivity index (χ1v) is 8.59. The highest BCUT2D eigenvalue weighted by Crippen LogP contribution is 2.29. The first kappa shape index (κ1) is 15.8. The van der Waals surface area contributed by atoms with Crippen LogP contribution in [0.25, 0.3) is 16.2 Å². The molecule has 0 saturated heterocycles. The van der Waals surface area contributed by atoms with E-state index in [2.05, 4.69) is 15.3 Å². The van der Waals surface area contributed by atoms with Gasteiger partial charge in [-0.2, -0.15) is 0 Å². The maximum atomic E-state index is 12.0. The first-order valence-electron chi connectivity index (χ1n) is 7.34. The lowest BCUT2D eigenvalue weighted by atomic mass is 10.1. The smallest absolute Gasteiger partial charge is 0.258 e. The molecular formula is C16H12ClN5O2S. The third-order valence-electron chi connectivity index (χ3n) is 3.67. The van der Waals surface area contributed by atoms with E-state index in [9.17, 15) is 4.79 Å². The Morgan fingerprint density at radius 3 is 3.00 bits per heavy atom. The summed E-state index contributed by atoms with van der Waals surface area (Å²) in [5.41, 5.74) is 2.04. The minimum atomic E-state index is -0.108. The van der Waals surface area contributed by atoms with Gasteiger partial charge in [0.15, 0.2) is 4.96 Å². The standard InChI is InChI=1S/C16H12ClN5O2S/c1-24-14-3-2-10(6-12(14)17)13-9-21(20-19-13)8-11-7-15(23)22-4-5-25-16(22)18-11/h2-7,9H,8H2,1H3. The summed E-state index contributed by atoms with van der Waals surface area (Å²) in [6.07, 6.45) is 3.50. The van der Waals surface area contributed by atoms with Crippen LogP contribution in [0.2, 0.25) is 5.02 Å². The third kappa shape index (κ3) is 3.01. The average Bonchev–Trinajstić information content (AvgIpc) is 3.24. The number of thiazole rings is 1. The summed E-state index contributed by atoms with van der Waals surface area (Å²) in [5, 5.41) is 10.6. The van der Waals surface area contributed by atoms with Crippen LogP contribution in [0.15, 0.2) is 46.8 Å². The number of nitrogens with zero attached hydrogens (tertiary/aromatic N) is 5. The highest BCUT2D eigenvalue weighted by molar-refractivity contribution is 7.15. The van der Waals surface area contributed by atoms with Crippen LogP contribution >= 0.6 is 22.9 Å². The monoisotopic (exact) mass is 373 g/mol. The van der Waals surface area contributed by atoms with Gasteiger partial charge in [0.1, 0.15) is 11.4 Å². The van der Waals surface area contributed by atoms with Gasteiger partial charge < -0.3 is 4.74 Å². The van der Waals surface area contributed by atoms with Crippen molar-refractivity contribution in [3.05, 3.63) is 63.1 Å². The molecule has 9 heteroatoms. The highest BCUT2D eigenvalue weighted by Gasteiger charge is 2.09. The fourth-order valence-corrected chi connectivity index (χ4v) is 3.46. The lowest BCUT2D eigenvalue weighted by Gasteiger charge is -2.03. The minimum absolute atomic E-state index is 0.108. The number of hydrogen-bond donors (Lipinski definition) is 0. The Kier molecular flexibility index (Phi) is 3.98. The summed E-state index contributed by atoms with van der Waals surface area (Å²) in [6.45, 7) is 0.362. The fourth-order valence-electron chi connectivity index (χ4n) is 2.47. The molecule has 0 aliphatic rings. The van der Waals surface area contributed by atoms with Crippen molar-refractivity contribution in [2.75, 3.05) is 7.11 Å². The molecular weight excluding hydrogens is 362 g/mol. The van der Waals surface area contributed by atoms with Crippen LogP contribution in [0.5, 0.6) is 5.75 Å². The Morgan fingerprint density at radius 2 is 2.20 bits per heavy atom. The van der Waals surface area contributed by atoms with E-state index in [-0.39, 0.29) is 5.56 Å². The van der Waals surface area contributed by atoms with Crippen LogP contribution in [0.4, 0.5) is 0 Å². The summed E-state index contributed by atoms with van der Waals surface area (Å²) >= 11 is 7.57. The van der Waals surface area contributed by atoms with Crippen molar-refractivity contribution >= 4 is 27.9 Å². The number of halogens is 1. The average molecular weight is 374 g/mol. The fraction of sp³-hybridized carbons (Fsp3) is 0.125. The molecule has 7 nitrogen and oxygen atoms in total. The topological polar surface area (TPSA) is 74.3 Å². The van der Waals surface area contributed by atoms with Crippen molar-refractivity contribution in [1.29, 1.82) is 0 Å². The lowest BCUT2D eigenvalue weighted by molar-refractivity contribution is 0.415. The number of benzene rings is 1. The molecule has 0 aliphatic heterocycles. The van der Waals surface area contributed by atoms with E-state index in [1.807, 2.05) is 11.4 Å². The molecule has 4 aromatic rings. The summed E-state index contributed by atoms with van der Waals surface area (Å²) in [6, 6.07) is 6.92. The number of ether oxygens (including phenoxy) is 1. The molecule has 3 heterocycles. The number of rotatable bonds is 4. The largest absolute Gasteiger partial charge is 0.495 e. The number of fused-ring (bicyclic) bond motifs is 1. The van der Waals surface area contributed by atoms with Crippen molar-refractivity contribution in [3.63, 3.8) is 0 Å². The number of methoxy groups -OCH3 is 1. The summed E-state index contributed by atoms with van der Waals surface area (Å²) < 4.78 is 8.30. The molecule has 0 bridgehead atoms. The first-order chi connectivity index (χ1) is 12.1. The van der Waals surface area contributed by atoms with Gasteiger partial charge in [0, 0.05) is 23.2 Å². The van der Waals surface area contributed by atoms with E-state index in [4.69, 9.17) is 16.3 Å². The van der Waals surface area contributed by atoms with Crippen LogP contribution < -0.4 is 10.3 Å². The molecule has 0 fully saturated rings. The zero-order chi connectivity index (χ0) is 17.4. The van der Waals surface area contributed by atoms with Gasteiger partial charge in [-0.05, 0) is 18.2 Å². The second-order valence-electron chi connectivity index (χ2n) is 5.29. The predicted octanol–water partition coefficient (Wildman–Crippen LogP) is 2.72. The van der Waals surface area contributed by atoms with E-state index in [0.29, 0.717) is 33.7 Å². The molecule has 126 valence electrons. The van der Waals surface area contributed by atoms with Crippen LogP contribution in [-0.2, 0) is 6.54 Å². The summed E-state index contributed by atoms with van der Waals surface area (Å²) in [7, 11) is 1.57. The normalized spacial score (nSPS) is 11.1. The van der Waals surface area contributed by atoms with Crippen LogP contribution in [-0.4, -0.2) is 31.5 Å². The molecule has 0 spiro atoms. The molecule has 1 aromatic carbocycles. The van der Waals surface area contributed by atoms with Gasteiger partial charge >= 0.3 is 0 Å². The van der Waals surface area contributed by atoms with Crippen LogP contribution in [0.3, 0.4) is 0 Å². The van der Waals surface area contributed by atoms with Crippen molar-refractivity contribution in [3.8, 4) is 17.0 Å². The molecule has 0 unspecified atom stereocenters. The van der Waals surface area contributed by atoms with E-state index in [1.54, 1.807) is 36.3 Å². The predicted molar refractivity (Wildman–Crippen MR) is 95.5 cm³/mol. The number of hydrogen-bond acceptors (Lipinski definition) is 6. The second kappa shape index (κ2) is 6.30. The maximum Gasteiger partial charge on any atom is 0.258 e. The Labute approximate surface area is 151 Å². The van der Waals surface area contributed by atoms with Gasteiger partial charge in [0.25, 0.3) is 5.56 Å². The van der Waals surface area contributed by atoms with Gasteiger partial charge in [0.2, 0.25) is 0 Å². The van der Waals surface area contributed by atoms with E-state index in [0.717, 1.165) is 5.56 Å². The Bertz CT molecular complexity index is 1120. The molecule has 0 aliphatic carbocycles. The lowest BCUT2D eigenvalue weighted by Crippen LogP contribution is -2.14. The van der Waals surface area contributed by atoms with Gasteiger partial charge in [-0.1, -0.05) is 16.8 Å². The van der Waals surface area contributed by atoms with Gasteiger partial charge in [0.05, 0.1) is 30.6 Å². The maximum absolute atomic E-state index is 12.0. The van der Waals surface area contributed by atoms with Crippen LogP contribution in [0.1, 0.15) is 5.69 Å². The summed E-state index contributed by atoms with van der Waals surface area (Å²) in [5.74, 6) is 0.603. The molecule has 25 heavy (non-hydrogen) atoms. The van der Waals surface area contributed by atoms with E-state index in [1.165, 1.54) is 21.8 Å². The quantitative estimate of drug-likeness (QED) is 0.550. The molecule has 0 N–H and O–H groups in total. The van der Waals surface area contributed by atoms with Gasteiger partial charge in [-0.15, -0.1) is 16.4 Å². The van der Waals surface area contributed by atoms with E-state index < -0.39 is 0 Å². The van der Waals surface area contributed by atoms with Crippen molar-refractivity contribution in [2.45, 2.75) is 6.54 Å². The van der Waals surface area contributed by atoms with Gasteiger partial charge in [-0.3, -0.25) is 9.20 Å². The van der Waals surface area contributed by atoms with Gasteiger partial charge in [-0.25, -0.2) is 9.67 Å². The molecule has 3 aromatic heterocycles. The third-order valence-corrected chi connectivity index (χ3v) is 4.72. The van der Waals surface area contributed by atoms with Crippen molar-refractivity contribution < 1.29 is 4.74 Å². The Balaban J connectivity index is 1.62. The Morgan fingerprint density at radius 1 is 1.32 bits per heavy atom. The van der Waals surface area contributed by atoms with Crippen molar-refractivity contribution in [1.82, 2.24) is 24.4 Å². The second-order valence-corrected chi connectivity index (χ2v) is 6.57.